The van der Waals surface area contributed by atoms with Gasteiger partial charge in [-0.15, -0.1) is 11.6 Å². The van der Waals surface area contributed by atoms with Gasteiger partial charge in [-0.2, -0.15) is 0 Å². The maximum Gasteiger partial charge on any atom is 0.161 e. The number of alkyl halides is 1. The van der Waals surface area contributed by atoms with Crippen LogP contribution in [0.2, 0.25) is 0 Å². The third-order valence-electron chi connectivity index (χ3n) is 3.34. The monoisotopic (exact) mass is 305 g/mol. The van der Waals surface area contributed by atoms with Crippen molar-refractivity contribution in [2.75, 3.05) is 14.2 Å². The molecule has 0 saturated carbocycles. The highest BCUT2D eigenvalue weighted by Crippen LogP contribution is 2.31. The number of rotatable bonds is 7. The van der Waals surface area contributed by atoms with Crippen molar-refractivity contribution in [1.82, 2.24) is 5.32 Å². The summed E-state index contributed by atoms with van der Waals surface area (Å²) in [6.07, 6.45) is 0. The molecule has 0 bridgehead atoms. The van der Waals surface area contributed by atoms with Crippen LogP contribution in [0.3, 0.4) is 0 Å². The molecule has 2 aromatic rings. The lowest BCUT2D eigenvalue weighted by Gasteiger charge is -2.14. The summed E-state index contributed by atoms with van der Waals surface area (Å²) in [6, 6.07) is 14.2. The van der Waals surface area contributed by atoms with Crippen LogP contribution in [-0.4, -0.2) is 14.2 Å². The Bertz CT molecular complexity index is 573. The first-order valence-corrected chi connectivity index (χ1v) is 7.36. The van der Waals surface area contributed by atoms with Crippen molar-refractivity contribution in [1.29, 1.82) is 0 Å². The van der Waals surface area contributed by atoms with Crippen molar-refractivity contribution in [3.8, 4) is 11.5 Å². The Balaban J connectivity index is 2.08. The molecule has 0 aliphatic heterocycles. The quantitative estimate of drug-likeness (QED) is 0.791. The lowest BCUT2D eigenvalue weighted by Crippen LogP contribution is -2.14. The second-order valence-corrected chi connectivity index (χ2v) is 4.97. The summed E-state index contributed by atoms with van der Waals surface area (Å²) in [4.78, 5) is 0. The zero-order valence-corrected chi connectivity index (χ0v) is 13.1. The summed E-state index contributed by atoms with van der Waals surface area (Å²) < 4.78 is 10.6. The second-order valence-electron chi connectivity index (χ2n) is 4.70. The van der Waals surface area contributed by atoms with Gasteiger partial charge < -0.3 is 14.8 Å². The first kappa shape index (κ1) is 15.7. The zero-order chi connectivity index (χ0) is 15.1. The van der Waals surface area contributed by atoms with Crippen molar-refractivity contribution >= 4 is 11.6 Å². The Morgan fingerprint density at radius 2 is 1.52 bits per heavy atom. The maximum absolute atomic E-state index is 6.03. The minimum atomic E-state index is 0.447. The van der Waals surface area contributed by atoms with Gasteiger partial charge >= 0.3 is 0 Å². The van der Waals surface area contributed by atoms with Gasteiger partial charge in [0.1, 0.15) is 0 Å². The Labute approximate surface area is 130 Å². The molecule has 0 spiro atoms. The highest BCUT2D eigenvalue weighted by Gasteiger charge is 2.10. The van der Waals surface area contributed by atoms with Crippen molar-refractivity contribution in [3.05, 3.63) is 59.2 Å². The summed E-state index contributed by atoms with van der Waals surface area (Å²) in [5.74, 6) is 1.88. The molecule has 0 saturated heterocycles. The molecule has 3 nitrogen and oxygen atoms in total. The van der Waals surface area contributed by atoms with Gasteiger partial charge in [0.15, 0.2) is 11.5 Å². The molecule has 0 aromatic heterocycles. The Kier molecular flexibility index (Phi) is 5.90. The topological polar surface area (TPSA) is 30.5 Å². The number of nitrogens with one attached hydrogen (secondary N) is 1. The molecular formula is C17H20ClNO2. The van der Waals surface area contributed by atoms with E-state index in [-0.39, 0.29) is 0 Å². The van der Waals surface area contributed by atoms with Crippen LogP contribution in [0.25, 0.3) is 0 Å². The normalized spacial score (nSPS) is 10.4. The molecule has 0 aliphatic rings. The van der Waals surface area contributed by atoms with E-state index in [0.717, 1.165) is 30.0 Å². The van der Waals surface area contributed by atoms with Crippen LogP contribution in [0.4, 0.5) is 0 Å². The Morgan fingerprint density at radius 3 is 2.10 bits per heavy atom. The fourth-order valence-corrected chi connectivity index (χ4v) is 2.44. The van der Waals surface area contributed by atoms with Crippen LogP contribution < -0.4 is 14.8 Å². The summed E-state index contributed by atoms with van der Waals surface area (Å²) in [7, 11) is 3.27. The van der Waals surface area contributed by atoms with Crippen molar-refractivity contribution in [3.63, 3.8) is 0 Å². The van der Waals surface area contributed by atoms with Gasteiger partial charge in [-0.05, 0) is 28.8 Å². The molecule has 0 radical (unpaired) electrons. The molecule has 4 heteroatoms. The average Bonchev–Trinajstić information content (AvgIpc) is 2.55. The van der Waals surface area contributed by atoms with Gasteiger partial charge in [0.05, 0.1) is 14.2 Å². The molecule has 2 aromatic carbocycles. The smallest absolute Gasteiger partial charge is 0.161 e. The molecule has 0 aliphatic carbocycles. The predicted octanol–water partition coefficient (Wildman–Crippen LogP) is 3.73. The second kappa shape index (κ2) is 7.91. The highest BCUT2D eigenvalue weighted by atomic mass is 35.5. The van der Waals surface area contributed by atoms with E-state index >= 15 is 0 Å². The summed E-state index contributed by atoms with van der Waals surface area (Å²) >= 11 is 6.03. The predicted molar refractivity (Wildman–Crippen MR) is 86.1 cm³/mol. The molecule has 0 fully saturated rings. The largest absolute Gasteiger partial charge is 0.493 e. The molecule has 0 amide bonds. The molecule has 0 unspecified atom stereocenters. The van der Waals surface area contributed by atoms with Crippen LogP contribution in [0, 0.1) is 0 Å². The fourth-order valence-electron chi connectivity index (χ4n) is 2.19. The first-order chi connectivity index (χ1) is 10.3. The number of ether oxygens (including phenoxy) is 2. The minimum Gasteiger partial charge on any atom is -0.493 e. The van der Waals surface area contributed by atoms with E-state index in [2.05, 4.69) is 17.4 Å². The van der Waals surface area contributed by atoms with Crippen LogP contribution in [0.1, 0.15) is 16.7 Å². The maximum atomic E-state index is 6.03. The molecule has 21 heavy (non-hydrogen) atoms. The molecule has 112 valence electrons. The van der Waals surface area contributed by atoms with Gasteiger partial charge in [-0.3, -0.25) is 0 Å². The summed E-state index contributed by atoms with van der Waals surface area (Å²) in [6.45, 7) is 1.55. The van der Waals surface area contributed by atoms with Crippen LogP contribution in [0.5, 0.6) is 11.5 Å². The molecule has 2 rings (SSSR count). The van der Waals surface area contributed by atoms with Gasteiger partial charge in [0.25, 0.3) is 0 Å². The van der Waals surface area contributed by atoms with E-state index in [1.165, 1.54) is 5.56 Å². The standard InChI is InChI=1S/C17H20ClNO2/c1-20-16-8-14(10-18)15(9-17(16)21-2)12-19-11-13-6-4-3-5-7-13/h3-9,19H,10-12H2,1-2H3. The van der Waals surface area contributed by atoms with Gasteiger partial charge in [0.2, 0.25) is 0 Å². The third kappa shape index (κ3) is 4.13. The van der Waals surface area contributed by atoms with Gasteiger partial charge in [-0.1, -0.05) is 30.3 Å². The van der Waals surface area contributed by atoms with Crippen molar-refractivity contribution < 1.29 is 9.47 Å². The molecular weight excluding hydrogens is 286 g/mol. The molecule has 1 N–H and O–H groups in total. The van der Waals surface area contributed by atoms with Gasteiger partial charge in [0, 0.05) is 19.0 Å². The van der Waals surface area contributed by atoms with E-state index in [1.807, 2.05) is 30.3 Å². The molecule has 0 atom stereocenters. The summed E-state index contributed by atoms with van der Waals surface area (Å²) in [5, 5.41) is 3.43. The fraction of sp³-hybridized carbons (Fsp3) is 0.294. The Morgan fingerprint density at radius 1 is 0.905 bits per heavy atom. The van der Waals surface area contributed by atoms with E-state index in [4.69, 9.17) is 21.1 Å². The number of hydrogen-bond donors (Lipinski definition) is 1. The first-order valence-electron chi connectivity index (χ1n) is 6.83. The van der Waals surface area contributed by atoms with E-state index in [0.29, 0.717) is 11.6 Å². The van der Waals surface area contributed by atoms with E-state index in [1.54, 1.807) is 14.2 Å². The average molecular weight is 306 g/mol. The number of methoxy groups -OCH3 is 2. The van der Waals surface area contributed by atoms with Crippen LogP contribution in [0.15, 0.2) is 42.5 Å². The number of hydrogen-bond acceptors (Lipinski definition) is 3. The van der Waals surface area contributed by atoms with Crippen molar-refractivity contribution in [2.24, 2.45) is 0 Å². The summed E-state index contributed by atoms with van der Waals surface area (Å²) in [5.41, 5.74) is 3.43. The van der Waals surface area contributed by atoms with E-state index in [9.17, 15) is 0 Å². The highest BCUT2D eigenvalue weighted by molar-refractivity contribution is 6.17. The third-order valence-corrected chi connectivity index (χ3v) is 3.63. The van der Waals surface area contributed by atoms with Crippen LogP contribution in [-0.2, 0) is 19.0 Å². The van der Waals surface area contributed by atoms with E-state index < -0.39 is 0 Å². The van der Waals surface area contributed by atoms with Gasteiger partial charge in [-0.25, -0.2) is 0 Å². The lowest BCUT2D eigenvalue weighted by atomic mass is 10.1. The lowest BCUT2D eigenvalue weighted by molar-refractivity contribution is 0.354. The minimum absolute atomic E-state index is 0.447. The Hall–Kier alpha value is -1.71. The number of halogens is 1. The molecule has 0 heterocycles. The SMILES string of the molecule is COc1cc(CCl)c(CNCc2ccccc2)cc1OC. The zero-order valence-electron chi connectivity index (χ0n) is 12.4. The van der Waals surface area contributed by atoms with Crippen LogP contribution >= 0.6 is 11.6 Å². The number of benzene rings is 2. The van der Waals surface area contributed by atoms with Crippen molar-refractivity contribution in [2.45, 2.75) is 19.0 Å².